The van der Waals surface area contributed by atoms with Crippen molar-refractivity contribution in [3.8, 4) is 0 Å². The average Bonchev–Trinajstić information content (AvgIpc) is 2.98. The van der Waals surface area contributed by atoms with Gasteiger partial charge in [-0.05, 0) is 41.1 Å². The molecule has 20 heavy (non-hydrogen) atoms. The monoisotopic (exact) mass is 307 g/mol. The van der Waals surface area contributed by atoms with Gasteiger partial charge in [-0.1, -0.05) is 13.8 Å². The number of hydrogen-bond donors (Lipinski definition) is 1. The third-order valence-corrected chi connectivity index (χ3v) is 5.48. The lowest BCUT2D eigenvalue weighted by Crippen LogP contribution is -2.24. The SMILES string of the molecule is CC(C)c1nc(N(Cc2ccsc2)C2CC2)sc1CN. The van der Waals surface area contributed by atoms with Crippen molar-refractivity contribution in [2.24, 2.45) is 5.73 Å². The van der Waals surface area contributed by atoms with E-state index in [1.807, 2.05) is 0 Å². The first kappa shape index (κ1) is 14.0. The van der Waals surface area contributed by atoms with E-state index >= 15 is 0 Å². The predicted molar refractivity (Wildman–Crippen MR) is 87.6 cm³/mol. The van der Waals surface area contributed by atoms with E-state index in [1.165, 1.54) is 29.0 Å². The van der Waals surface area contributed by atoms with Crippen LogP contribution in [0.4, 0.5) is 5.13 Å². The molecule has 108 valence electrons. The molecule has 0 bridgehead atoms. The van der Waals surface area contributed by atoms with Crippen molar-refractivity contribution in [3.05, 3.63) is 33.0 Å². The number of nitrogens with two attached hydrogens (primary N) is 1. The van der Waals surface area contributed by atoms with E-state index < -0.39 is 0 Å². The lowest BCUT2D eigenvalue weighted by Gasteiger charge is -2.20. The van der Waals surface area contributed by atoms with Gasteiger partial charge in [-0.25, -0.2) is 4.98 Å². The van der Waals surface area contributed by atoms with Gasteiger partial charge in [0.25, 0.3) is 0 Å². The van der Waals surface area contributed by atoms with Crippen molar-refractivity contribution >= 4 is 27.8 Å². The van der Waals surface area contributed by atoms with Crippen LogP contribution in [0.3, 0.4) is 0 Å². The second-order valence-electron chi connectivity index (χ2n) is 5.65. The first-order valence-corrected chi connectivity index (χ1v) is 8.92. The second-order valence-corrected chi connectivity index (χ2v) is 7.50. The minimum Gasteiger partial charge on any atom is -0.341 e. The zero-order valence-corrected chi connectivity index (χ0v) is 13.6. The molecule has 2 aromatic rings. The second kappa shape index (κ2) is 5.84. The van der Waals surface area contributed by atoms with Crippen molar-refractivity contribution in [2.45, 2.75) is 51.7 Å². The molecule has 0 radical (unpaired) electrons. The highest BCUT2D eigenvalue weighted by atomic mass is 32.1. The maximum atomic E-state index is 5.88. The lowest BCUT2D eigenvalue weighted by atomic mass is 10.1. The van der Waals surface area contributed by atoms with E-state index in [0.717, 1.165) is 11.7 Å². The summed E-state index contributed by atoms with van der Waals surface area (Å²) in [5.41, 5.74) is 8.45. The third-order valence-electron chi connectivity index (χ3n) is 3.61. The molecule has 2 heterocycles. The van der Waals surface area contributed by atoms with Gasteiger partial charge >= 0.3 is 0 Å². The molecule has 3 nitrogen and oxygen atoms in total. The van der Waals surface area contributed by atoms with E-state index in [1.54, 1.807) is 22.7 Å². The Labute approximate surface area is 128 Å². The first-order chi connectivity index (χ1) is 9.69. The van der Waals surface area contributed by atoms with Crippen molar-refractivity contribution in [2.75, 3.05) is 4.90 Å². The van der Waals surface area contributed by atoms with E-state index in [0.29, 0.717) is 18.5 Å². The molecule has 0 atom stereocenters. The fourth-order valence-electron chi connectivity index (χ4n) is 2.39. The van der Waals surface area contributed by atoms with Crippen molar-refractivity contribution in [3.63, 3.8) is 0 Å². The van der Waals surface area contributed by atoms with E-state index in [-0.39, 0.29) is 0 Å². The van der Waals surface area contributed by atoms with E-state index in [9.17, 15) is 0 Å². The van der Waals surface area contributed by atoms with Crippen molar-refractivity contribution in [1.82, 2.24) is 4.98 Å². The first-order valence-electron chi connectivity index (χ1n) is 7.16. The van der Waals surface area contributed by atoms with Crippen LogP contribution in [0.1, 0.15) is 48.7 Å². The fraction of sp³-hybridized carbons (Fsp3) is 0.533. The average molecular weight is 307 g/mol. The molecule has 0 saturated heterocycles. The van der Waals surface area contributed by atoms with Crippen LogP contribution in [0.2, 0.25) is 0 Å². The molecule has 1 fully saturated rings. The summed E-state index contributed by atoms with van der Waals surface area (Å²) in [6, 6.07) is 2.88. The number of aromatic nitrogens is 1. The van der Waals surface area contributed by atoms with Gasteiger partial charge in [-0.15, -0.1) is 11.3 Å². The number of nitrogens with zero attached hydrogens (tertiary/aromatic N) is 2. The standard InChI is InChI=1S/C15H21N3S2/c1-10(2)14-13(7-16)20-15(17-14)18(12-3-4-12)8-11-5-6-19-9-11/h5-6,9-10,12H,3-4,7-8,16H2,1-2H3. The van der Waals surface area contributed by atoms with Crippen LogP contribution in [0.25, 0.3) is 0 Å². The molecule has 0 amide bonds. The number of anilines is 1. The zero-order valence-electron chi connectivity index (χ0n) is 12.0. The van der Waals surface area contributed by atoms with Crippen LogP contribution in [0.5, 0.6) is 0 Å². The fourth-order valence-corrected chi connectivity index (χ4v) is 4.21. The Balaban J connectivity index is 1.87. The molecular weight excluding hydrogens is 286 g/mol. The molecular formula is C15H21N3S2. The van der Waals surface area contributed by atoms with Crippen LogP contribution in [-0.2, 0) is 13.1 Å². The van der Waals surface area contributed by atoms with Gasteiger partial charge in [0.05, 0.1) is 5.69 Å². The third kappa shape index (κ3) is 2.90. The summed E-state index contributed by atoms with van der Waals surface area (Å²) in [4.78, 5) is 8.60. The number of rotatable bonds is 6. The summed E-state index contributed by atoms with van der Waals surface area (Å²) in [5, 5.41) is 5.53. The van der Waals surface area contributed by atoms with E-state index in [2.05, 4.69) is 35.6 Å². The molecule has 3 rings (SSSR count). The van der Waals surface area contributed by atoms with Crippen LogP contribution < -0.4 is 10.6 Å². The van der Waals surface area contributed by atoms with Crippen LogP contribution in [0, 0.1) is 0 Å². The highest BCUT2D eigenvalue weighted by Crippen LogP contribution is 2.38. The zero-order chi connectivity index (χ0) is 14.1. The Morgan fingerprint density at radius 1 is 1.45 bits per heavy atom. The quantitative estimate of drug-likeness (QED) is 0.878. The highest BCUT2D eigenvalue weighted by molar-refractivity contribution is 7.15. The summed E-state index contributed by atoms with van der Waals surface area (Å²) >= 11 is 3.54. The molecule has 2 N–H and O–H groups in total. The Morgan fingerprint density at radius 3 is 2.75 bits per heavy atom. The number of hydrogen-bond acceptors (Lipinski definition) is 5. The summed E-state index contributed by atoms with van der Waals surface area (Å²) in [5.74, 6) is 0.445. The molecule has 0 aromatic carbocycles. The Kier molecular flexibility index (Phi) is 4.10. The van der Waals surface area contributed by atoms with Gasteiger partial charge < -0.3 is 10.6 Å². The Bertz CT molecular complexity index is 556. The van der Waals surface area contributed by atoms with Gasteiger partial charge in [0.2, 0.25) is 0 Å². The molecule has 0 aliphatic heterocycles. The van der Waals surface area contributed by atoms with Gasteiger partial charge in [-0.3, -0.25) is 0 Å². The molecule has 0 spiro atoms. The predicted octanol–water partition coefficient (Wildman–Crippen LogP) is 3.96. The van der Waals surface area contributed by atoms with E-state index in [4.69, 9.17) is 10.7 Å². The minimum atomic E-state index is 0.445. The summed E-state index contributed by atoms with van der Waals surface area (Å²) in [6.45, 7) is 5.96. The van der Waals surface area contributed by atoms with Gasteiger partial charge in [0.15, 0.2) is 5.13 Å². The maximum absolute atomic E-state index is 5.88. The molecule has 5 heteroatoms. The maximum Gasteiger partial charge on any atom is 0.186 e. The summed E-state index contributed by atoms with van der Waals surface area (Å²) in [6.07, 6.45) is 2.58. The number of thiazole rings is 1. The van der Waals surface area contributed by atoms with Crippen LogP contribution in [0.15, 0.2) is 16.8 Å². The van der Waals surface area contributed by atoms with Gasteiger partial charge in [0, 0.05) is 24.0 Å². The van der Waals surface area contributed by atoms with Crippen molar-refractivity contribution < 1.29 is 0 Å². The molecule has 1 aliphatic rings. The normalized spacial score (nSPS) is 15.0. The smallest absolute Gasteiger partial charge is 0.186 e. The summed E-state index contributed by atoms with van der Waals surface area (Å²) in [7, 11) is 0. The molecule has 1 aliphatic carbocycles. The Morgan fingerprint density at radius 2 is 2.25 bits per heavy atom. The van der Waals surface area contributed by atoms with Crippen LogP contribution >= 0.6 is 22.7 Å². The number of thiophene rings is 1. The minimum absolute atomic E-state index is 0.445. The molecule has 2 aromatic heterocycles. The highest BCUT2D eigenvalue weighted by Gasteiger charge is 2.32. The molecule has 1 saturated carbocycles. The topological polar surface area (TPSA) is 42.2 Å². The summed E-state index contributed by atoms with van der Waals surface area (Å²) < 4.78 is 0. The van der Waals surface area contributed by atoms with Gasteiger partial charge in [0.1, 0.15) is 0 Å². The largest absolute Gasteiger partial charge is 0.341 e. The van der Waals surface area contributed by atoms with Crippen LogP contribution in [-0.4, -0.2) is 11.0 Å². The lowest BCUT2D eigenvalue weighted by molar-refractivity contribution is 0.770. The molecule has 0 unspecified atom stereocenters. The Hall–Kier alpha value is -0.910. The van der Waals surface area contributed by atoms with Crippen molar-refractivity contribution in [1.29, 1.82) is 0 Å². The van der Waals surface area contributed by atoms with Gasteiger partial charge in [-0.2, -0.15) is 11.3 Å².